The second-order valence-electron chi connectivity index (χ2n) is 7.41. The Kier molecular flexibility index (Phi) is 5.24. The summed E-state index contributed by atoms with van der Waals surface area (Å²) in [5, 5.41) is 7.13. The summed E-state index contributed by atoms with van der Waals surface area (Å²) in [5.74, 6) is -0.461. The number of pyridine rings is 1. The molecule has 1 amide bonds. The minimum absolute atomic E-state index is 0.00112. The summed E-state index contributed by atoms with van der Waals surface area (Å²) < 4.78 is 3.04. The second kappa shape index (κ2) is 8.02. The van der Waals surface area contributed by atoms with E-state index in [1.165, 1.54) is 4.57 Å². The number of fused-ring (bicyclic) bond motifs is 1. The summed E-state index contributed by atoms with van der Waals surface area (Å²) in [5.41, 5.74) is 1.14. The molecule has 0 aliphatic rings. The molecule has 0 aliphatic carbocycles. The Morgan fingerprint density at radius 3 is 2.68 bits per heavy atom. The van der Waals surface area contributed by atoms with E-state index in [4.69, 9.17) is 0 Å². The van der Waals surface area contributed by atoms with Crippen LogP contribution in [-0.2, 0) is 6.54 Å². The maximum Gasteiger partial charge on any atom is 0.329 e. The normalized spacial score (nSPS) is 11.2. The second-order valence-corrected chi connectivity index (χ2v) is 7.41. The number of H-pyrrole nitrogens is 1. The van der Waals surface area contributed by atoms with Crippen molar-refractivity contribution >= 4 is 22.6 Å². The highest BCUT2D eigenvalue weighted by Gasteiger charge is 2.20. The van der Waals surface area contributed by atoms with Crippen molar-refractivity contribution in [3.05, 3.63) is 80.9 Å². The first kappa shape index (κ1) is 20.3. The van der Waals surface area contributed by atoms with Crippen LogP contribution in [0.5, 0.6) is 0 Å². The van der Waals surface area contributed by atoms with Gasteiger partial charge in [-0.2, -0.15) is 5.10 Å². The van der Waals surface area contributed by atoms with E-state index in [2.05, 4.69) is 20.4 Å². The third-order valence-electron chi connectivity index (χ3n) is 4.99. The van der Waals surface area contributed by atoms with Crippen LogP contribution in [0.3, 0.4) is 0 Å². The number of carbonyl (C=O) groups excluding carboxylic acids is 1. The number of aromatic nitrogens is 5. The molecule has 0 saturated heterocycles. The number of benzene rings is 1. The molecule has 0 atom stereocenters. The number of aromatic amines is 1. The highest BCUT2D eigenvalue weighted by molar-refractivity contribution is 6.11. The third-order valence-corrected chi connectivity index (χ3v) is 4.99. The van der Waals surface area contributed by atoms with E-state index in [-0.39, 0.29) is 22.5 Å². The highest BCUT2D eigenvalue weighted by atomic mass is 16.2. The summed E-state index contributed by atoms with van der Waals surface area (Å²) >= 11 is 0. The lowest BCUT2D eigenvalue weighted by Gasteiger charge is -2.14. The lowest BCUT2D eigenvalue weighted by atomic mass is 10.0. The van der Waals surface area contributed by atoms with Gasteiger partial charge in [-0.1, -0.05) is 19.9 Å². The molecule has 0 radical (unpaired) electrons. The van der Waals surface area contributed by atoms with Crippen molar-refractivity contribution in [3.8, 4) is 5.69 Å². The molecule has 1 aromatic carbocycles. The summed E-state index contributed by atoms with van der Waals surface area (Å²) in [6, 6.07) is 10.6. The number of amides is 1. The summed E-state index contributed by atoms with van der Waals surface area (Å²) in [4.78, 5) is 44.9. The van der Waals surface area contributed by atoms with Crippen LogP contribution in [-0.4, -0.2) is 30.2 Å². The van der Waals surface area contributed by atoms with E-state index in [1.54, 1.807) is 54.3 Å². The fourth-order valence-corrected chi connectivity index (χ4v) is 3.41. The largest absolute Gasteiger partial charge is 0.329 e. The Morgan fingerprint density at radius 2 is 2.00 bits per heavy atom. The van der Waals surface area contributed by atoms with Crippen molar-refractivity contribution in [3.63, 3.8) is 0 Å². The monoisotopic (exact) mass is 418 g/mol. The Hall–Kier alpha value is -4.01. The van der Waals surface area contributed by atoms with Crippen LogP contribution in [0.1, 0.15) is 42.7 Å². The Morgan fingerprint density at radius 1 is 1.19 bits per heavy atom. The van der Waals surface area contributed by atoms with Crippen LogP contribution in [0.25, 0.3) is 16.7 Å². The number of carbonyl (C=O) groups is 1. The van der Waals surface area contributed by atoms with Crippen molar-refractivity contribution in [1.29, 1.82) is 0 Å². The van der Waals surface area contributed by atoms with E-state index < -0.39 is 17.2 Å². The molecule has 4 aromatic rings. The van der Waals surface area contributed by atoms with Gasteiger partial charge in [-0.25, -0.2) is 14.5 Å². The fourth-order valence-electron chi connectivity index (χ4n) is 3.41. The molecular weight excluding hydrogens is 396 g/mol. The summed E-state index contributed by atoms with van der Waals surface area (Å²) in [6.45, 7) is 5.97. The molecule has 0 bridgehead atoms. The molecule has 3 heterocycles. The van der Waals surface area contributed by atoms with Gasteiger partial charge in [-0.3, -0.25) is 19.1 Å². The van der Waals surface area contributed by atoms with Gasteiger partial charge in [0.05, 0.1) is 16.6 Å². The maximum absolute atomic E-state index is 13.2. The predicted octanol–water partition coefficient (Wildman–Crippen LogP) is 2.67. The van der Waals surface area contributed by atoms with Gasteiger partial charge in [0.2, 0.25) is 0 Å². The first-order valence-corrected chi connectivity index (χ1v) is 9.98. The molecule has 31 heavy (non-hydrogen) atoms. The first-order valence-electron chi connectivity index (χ1n) is 9.98. The number of nitrogens with one attached hydrogen (secondary N) is 2. The average Bonchev–Trinajstić information content (AvgIpc) is 3.28. The zero-order chi connectivity index (χ0) is 22.1. The first-order chi connectivity index (χ1) is 14.9. The molecule has 3 aromatic heterocycles. The van der Waals surface area contributed by atoms with Crippen LogP contribution >= 0.6 is 0 Å². The van der Waals surface area contributed by atoms with Gasteiger partial charge in [-0.15, -0.1) is 0 Å². The van der Waals surface area contributed by atoms with Crippen molar-refractivity contribution in [2.24, 2.45) is 0 Å². The number of anilines is 1. The molecule has 0 saturated carbocycles. The number of aryl methyl sites for hydroxylation is 1. The van der Waals surface area contributed by atoms with Gasteiger partial charge in [0, 0.05) is 30.3 Å². The van der Waals surface area contributed by atoms with E-state index >= 15 is 0 Å². The molecule has 4 rings (SSSR count). The molecule has 9 nitrogen and oxygen atoms in total. The van der Waals surface area contributed by atoms with E-state index in [0.717, 1.165) is 5.69 Å². The Labute approximate surface area is 177 Å². The van der Waals surface area contributed by atoms with Gasteiger partial charge >= 0.3 is 5.69 Å². The number of rotatable bonds is 5. The number of nitrogens with zero attached hydrogens (tertiary/aromatic N) is 4. The van der Waals surface area contributed by atoms with Crippen molar-refractivity contribution in [1.82, 2.24) is 24.3 Å². The predicted molar refractivity (Wildman–Crippen MR) is 118 cm³/mol. The quantitative estimate of drug-likeness (QED) is 0.517. The molecule has 0 aliphatic heterocycles. The minimum Gasteiger partial charge on any atom is -0.322 e. The van der Waals surface area contributed by atoms with E-state index in [1.807, 2.05) is 19.9 Å². The smallest absolute Gasteiger partial charge is 0.322 e. The van der Waals surface area contributed by atoms with E-state index in [9.17, 15) is 14.4 Å². The van der Waals surface area contributed by atoms with Crippen LogP contribution in [0.2, 0.25) is 0 Å². The molecular formula is C22H22N6O3. The number of hydrogen-bond acceptors (Lipinski definition) is 5. The molecule has 0 unspecified atom stereocenters. The van der Waals surface area contributed by atoms with Crippen LogP contribution < -0.4 is 16.6 Å². The summed E-state index contributed by atoms with van der Waals surface area (Å²) in [7, 11) is 0. The van der Waals surface area contributed by atoms with E-state index in [0.29, 0.717) is 17.9 Å². The van der Waals surface area contributed by atoms with Crippen molar-refractivity contribution in [2.75, 3.05) is 5.32 Å². The SMILES string of the molecule is CCn1c(=O)[nH]c(=O)c2c(C(=O)Nc3cccc(-n4cccn4)c3)cc(C(C)C)nc21. The number of hydrogen-bond donors (Lipinski definition) is 2. The third kappa shape index (κ3) is 3.77. The standard InChI is InChI=1S/C22H22N6O3/c1-4-27-19-18(21(30)26-22(27)31)16(12-17(25-19)13(2)3)20(29)24-14-7-5-8-15(11-14)28-10-6-9-23-28/h5-13H,4H2,1-3H3,(H,24,29)(H,26,30,31). The molecule has 0 spiro atoms. The van der Waals surface area contributed by atoms with Gasteiger partial charge < -0.3 is 5.32 Å². The van der Waals surface area contributed by atoms with Gasteiger partial charge in [0.15, 0.2) is 5.65 Å². The summed E-state index contributed by atoms with van der Waals surface area (Å²) in [6.07, 6.45) is 3.47. The Bertz CT molecular complexity index is 1380. The zero-order valence-electron chi connectivity index (χ0n) is 17.4. The topological polar surface area (TPSA) is 115 Å². The van der Waals surface area contributed by atoms with Gasteiger partial charge in [0.25, 0.3) is 11.5 Å². The Balaban J connectivity index is 1.84. The lowest BCUT2D eigenvalue weighted by Crippen LogP contribution is -2.32. The van der Waals surface area contributed by atoms with Crippen LogP contribution in [0, 0.1) is 0 Å². The highest BCUT2D eigenvalue weighted by Crippen LogP contribution is 2.21. The van der Waals surface area contributed by atoms with Gasteiger partial charge in [0.1, 0.15) is 0 Å². The maximum atomic E-state index is 13.2. The molecule has 9 heteroatoms. The molecule has 158 valence electrons. The van der Waals surface area contributed by atoms with Crippen LogP contribution in [0.15, 0.2) is 58.4 Å². The van der Waals surface area contributed by atoms with Gasteiger partial charge in [-0.05, 0) is 43.2 Å². The minimum atomic E-state index is -0.636. The molecule has 2 N–H and O–H groups in total. The average molecular weight is 418 g/mol. The molecule has 0 fully saturated rings. The van der Waals surface area contributed by atoms with Crippen molar-refractivity contribution in [2.45, 2.75) is 33.2 Å². The lowest BCUT2D eigenvalue weighted by molar-refractivity contribution is 0.102. The zero-order valence-corrected chi connectivity index (χ0v) is 17.4. The van der Waals surface area contributed by atoms with Crippen LogP contribution in [0.4, 0.5) is 5.69 Å². The van der Waals surface area contributed by atoms with Crippen molar-refractivity contribution < 1.29 is 4.79 Å². The fraction of sp³-hybridized carbons (Fsp3) is 0.227.